The van der Waals surface area contributed by atoms with Gasteiger partial charge in [-0.2, -0.15) is 0 Å². The summed E-state index contributed by atoms with van der Waals surface area (Å²) in [4.78, 5) is 12.1. The van der Waals surface area contributed by atoms with Crippen molar-refractivity contribution in [2.45, 2.75) is 46.8 Å². The van der Waals surface area contributed by atoms with Crippen molar-refractivity contribution in [3.63, 3.8) is 0 Å². The van der Waals surface area contributed by atoms with Gasteiger partial charge in [0.25, 0.3) is 0 Å². The van der Waals surface area contributed by atoms with E-state index in [1.54, 1.807) is 45.0 Å². The smallest absolute Gasteiger partial charge is 0.458 e. The summed E-state index contributed by atoms with van der Waals surface area (Å²) in [6.45, 7) is 9.11. The van der Waals surface area contributed by atoms with Gasteiger partial charge in [-0.25, -0.2) is 14.4 Å². The summed E-state index contributed by atoms with van der Waals surface area (Å²) >= 11 is 0. The molecule has 0 saturated carbocycles. The Kier molecular flexibility index (Phi) is 7.07. The van der Waals surface area contributed by atoms with Crippen LogP contribution in [0.25, 0.3) is 0 Å². The first-order valence-corrected chi connectivity index (χ1v) is 8.83. The molecule has 0 aromatic heterocycles. The van der Waals surface area contributed by atoms with E-state index < -0.39 is 13.7 Å². The minimum absolute atomic E-state index is 0.104. The van der Waals surface area contributed by atoms with E-state index in [1.807, 2.05) is 13.8 Å². The number of ether oxygens (including phenoxy) is 1. The van der Waals surface area contributed by atoms with Crippen molar-refractivity contribution in [3.05, 3.63) is 29.8 Å². The SMILES string of the molecule is CCO[P@@](=O)(NC(C)C)Oc1ccccc1C(=O)OC(C)C. The van der Waals surface area contributed by atoms with Gasteiger partial charge >= 0.3 is 13.7 Å². The van der Waals surface area contributed by atoms with Gasteiger partial charge in [0, 0.05) is 6.04 Å². The fraction of sp³-hybridized carbons (Fsp3) is 0.533. The molecule has 0 heterocycles. The Bertz CT molecular complexity index is 544. The number of para-hydroxylation sites is 1. The van der Waals surface area contributed by atoms with Gasteiger partial charge in [0.05, 0.1) is 12.7 Å². The van der Waals surface area contributed by atoms with Crippen LogP contribution >= 0.6 is 7.75 Å². The molecule has 1 rings (SSSR count). The summed E-state index contributed by atoms with van der Waals surface area (Å²) in [7, 11) is -3.56. The lowest BCUT2D eigenvalue weighted by Gasteiger charge is -2.22. The molecule has 1 N–H and O–H groups in total. The molecule has 0 radical (unpaired) electrons. The largest absolute Gasteiger partial charge is 0.459 e. The molecule has 0 aliphatic heterocycles. The quantitative estimate of drug-likeness (QED) is 0.578. The predicted molar refractivity (Wildman–Crippen MR) is 85.1 cm³/mol. The number of hydrogen-bond acceptors (Lipinski definition) is 5. The molecule has 7 heteroatoms. The first-order chi connectivity index (χ1) is 10.3. The van der Waals surface area contributed by atoms with E-state index in [9.17, 15) is 9.36 Å². The van der Waals surface area contributed by atoms with Gasteiger partial charge in [0.15, 0.2) is 0 Å². The molecule has 0 aliphatic rings. The monoisotopic (exact) mass is 329 g/mol. The highest BCUT2D eigenvalue weighted by atomic mass is 31.2. The standard InChI is InChI=1S/C15H24NO5P/c1-6-19-22(18,16-11(2)3)21-14-10-8-7-9-13(14)15(17)20-12(4)5/h7-12H,6H2,1-5H3,(H,16,18)/t22-/m0/s1. The highest BCUT2D eigenvalue weighted by Crippen LogP contribution is 2.45. The molecule has 1 aromatic carbocycles. The van der Waals surface area contributed by atoms with E-state index in [1.165, 1.54) is 0 Å². The van der Waals surface area contributed by atoms with Crippen LogP contribution in [0.15, 0.2) is 24.3 Å². The zero-order valence-electron chi connectivity index (χ0n) is 13.7. The van der Waals surface area contributed by atoms with Crippen LogP contribution in [-0.4, -0.2) is 24.7 Å². The first-order valence-electron chi connectivity index (χ1n) is 7.29. The fourth-order valence-electron chi connectivity index (χ4n) is 1.70. The van der Waals surface area contributed by atoms with Crippen molar-refractivity contribution in [1.82, 2.24) is 5.09 Å². The van der Waals surface area contributed by atoms with Gasteiger partial charge < -0.3 is 9.26 Å². The number of hydrogen-bond donors (Lipinski definition) is 1. The number of rotatable bonds is 8. The summed E-state index contributed by atoms with van der Waals surface area (Å²) < 4.78 is 28.6. The number of esters is 1. The Morgan fingerprint density at radius 3 is 2.41 bits per heavy atom. The number of carbonyl (C=O) groups excluding carboxylic acids is 1. The van der Waals surface area contributed by atoms with Crippen molar-refractivity contribution in [3.8, 4) is 5.75 Å². The molecule has 124 valence electrons. The summed E-state index contributed by atoms with van der Waals surface area (Å²) in [5.74, 6) is -0.365. The zero-order chi connectivity index (χ0) is 16.8. The minimum Gasteiger partial charge on any atom is -0.459 e. The van der Waals surface area contributed by atoms with Gasteiger partial charge in [-0.1, -0.05) is 12.1 Å². The molecule has 1 aromatic rings. The van der Waals surface area contributed by atoms with Crippen LogP contribution in [0, 0.1) is 0 Å². The molecule has 0 spiro atoms. The van der Waals surface area contributed by atoms with Crippen LogP contribution < -0.4 is 9.61 Å². The number of carbonyl (C=O) groups is 1. The van der Waals surface area contributed by atoms with E-state index in [-0.39, 0.29) is 30.1 Å². The fourth-order valence-corrected chi connectivity index (χ4v) is 3.27. The third kappa shape index (κ3) is 5.79. The van der Waals surface area contributed by atoms with E-state index in [4.69, 9.17) is 13.8 Å². The average molecular weight is 329 g/mol. The van der Waals surface area contributed by atoms with Crippen LogP contribution in [0.4, 0.5) is 0 Å². The molecule has 0 aliphatic carbocycles. The van der Waals surface area contributed by atoms with Crippen molar-refractivity contribution in [2.24, 2.45) is 0 Å². The Morgan fingerprint density at radius 1 is 1.23 bits per heavy atom. The lowest BCUT2D eigenvalue weighted by molar-refractivity contribution is 0.0376. The second kappa shape index (κ2) is 8.32. The molecule has 6 nitrogen and oxygen atoms in total. The van der Waals surface area contributed by atoms with Crippen molar-refractivity contribution < 1.29 is 23.1 Å². The second-order valence-corrected chi connectivity index (χ2v) is 6.93. The van der Waals surface area contributed by atoms with E-state index in [2.05, 4.69) is 5.09 Å². The second-order valence-electron chi connectivity index (χ2n) is 5.24. The van der Waals surface area contributed by atoms with Gasteiger partial charge in [-0.15, -0.1) is 0 Å². The molecule has 0 unspecified atom stereocenters. The van der Waals surface area contributed by atoms with Gasteiger partial charge in [0.2, 0.25) is 0 Å². The van der Waals surface area contributed by atoms with Crippen molar-refractivity contribution in [1.29, 1.82) is 0 Å². The maximum Gasteiger partial charge on any atom is 0.458 e. The molecule has 0 amide bonds. The Hall–Kier alpha value is -1.36. The maximum absolute atomic E-state index is 12.7. The molecular formula is C15H24NO5P. The van der Waals surface area contributed by atoms with Gasteiger partial charge in [-0.3, -0.25) is 4.52 Å². The summed E-state index contributed by atoms with van der Waals surface area (Å²) in [5.41, 5.74) is 0.210. The highest BCUT2D eigenvalue weighted by molar-refractivity contribution is 7.52. The molecular weight excluding hydrogens is 305 g/mol. The molecule has 0 bridgehead atoms. The maximum atomic E-state index is 12.7. The van der Waals surface area contributed by atoms with Crippen LogP contribution in [0.1, 0.15) is 45.0 Å². The molecule has 0 saturated heterocycles. The summed E-state index contributed by atoms with van der Waals surface area (Å²) in [6, 6.07) is 6.39. The van der Waals surface area contributed by atoms with E-state index in [0.29, 0.717) is 0 Å². The third-order valence-corrected chi connectivity index (χ3v) is 4.25. The Labute approximate surface area is 131 Å². The highest BCUT2D eigenvalue weighted by Gasteiger charge is 2.29. The zero-order valence-corrected chi connectivity index (χ0v) is 14.6. The average Bonchev–Trinajstić information content (AvgIpc) is 2.37. The Balaban J connectivity index is 3.05. The van der Waals surface area contributed by atoms with Gasteiger partial charge in [-0.05, 0) is 46.8 Å². The van der Waals surface area contributed by atoms with Crippen LogP contribution in [0.2, 0.25) is 0 Å². The predicted octanol–water partition coefficient (Wildman–Crippen LogP) is 3.77. The van der Waals surface area contributed by atoms with Crippen molar-refractivity contribution in [2.75, 3.05) is 6.61 Å². The molecule has 0 fully saturated rings. The van der Waals surface area contributed by atoms with Crippen LogP contribution in [-0.2, 0) is 13.8 Å². The molecule has 1 atom stereocenters. The Morgan fingerprint density at radius 2 is 1.86 bits per heavy atom. The van der Waals surface area contributed by atoms with E-state index in [0.717, 1.165) is 0 Å². The van der Waals surface area contributed by atoms with Crippen LogP contribution in [0.3, 0.4) is 0 Å². The van der Waals surface area contributed by atoms with Crippen LogP contribution in [0.5, 0.6) is 5.75 Å². The normalized spacial score (nSPS) is 14.0. The lowest BCUT2D eigenvalue weighted by Crippen LogP contribution is -2.24. The number of benzene rings is 1. The lowest BCUT2D eigenvalue weighted by atomic mass is 10.2. The summed E-state index contributed by atoms with van der Waals surface area (Å²) in [6.07, 6.45) is -0.256. The topological polar surface area (TPSA) is 73.9 Å². The summed E-state index contributed by atoms with van der Waals surface area (Å²) in [5, 5.41) is 2.77. The van der Waals surface area contributed by atoms with Gasteiger partial charge in [0.1, 0.15) is 11.3 Å². The first kappa shape index (κ1) is 18.7. The molecule has 22 heavy (non-hydrogen) atoms. The third-order valence-electron chi connectivity index (χ3n) is 2.38. The van der Waals surface area contributed by atoms with E-state index >= 15 is 0 Å². The number of nitrogens with one attached hydrogen (secondary N) is 1. The minimum atomic E-state index is -3.56. The van der Waals surface area contributed by atoms with Crippen molar-refractivity contribution >= 4 is 13.7 Å².